The van der Waals surface area contributed by atoms with Crippen molar-refractivity contribution in [3.05, 3.63) is 122 Å². The van der Waals surface area contributed by atoms with Crippen LogP contribution < -0.4 is 10.6 Å². The van der Waals surface area contributed by atoms with Gasteiger partial charge in [0.1, 0.15) is 11.6 Å². The second kappa shape index (κ2) is 13.1. The van der Waals surface area contributed by atoms with Gasteiger partial charge in [-0.25, -0.2) is 4.98 Å². The molecule has 0 unspecified atom stereocenters. The van der Waals surface area contributed by atoms with Gasteiger partial charge in [-0.15, -0.1) is 11.3 Å². The first-order valence-corrected chi connectivity index (χ1v) is 15.1. The number of carbonyl (C=O) groups excluding carboxylic acids is 2. The summed E-state index contributed by atoms with van der Waals surface area (Å²) in [6, 6.07) is 24.0. The first-order chi connectivity index (χ1) is 21.1. The lowest BCUT2D eigenvalue weighted by Gasteiger charge is -2.09. The van der Waals surface area contributed by atoms with Crippen LogP contribution in [0, 0.1) is 35.3 Å². The van der Waals surface area contributed by atoms with Gasteiger partial charge in [-0.2, -0.15) is 5.26 Å². The van der Waals surface area contributed by atoms with E-state index in [1.807, 2.05) is 37.3 Å². The molecule has 0 saturated heterocycles. The van der Waals surface area contributed by atoms with Gasteiger partial charge in [0.15, 0.2) is 4.34 Å². The van der Waals surface area contributed by atoms with Crippen LogP contribution in [0.4, 0.5) is 17.1 Å². The minimum atomic E-state index is -0.664. The number of anilines is 2. The van der Waals surface area contributed by atoms with Gasteiger partial charge >= 0.3 is 0 Å². The molecule has 5 rings (SSSR count). The predicted molar refractivity (Wildman–Crippen MR) is 174 cm³/mol. The number of benzene rings is 4. The van der Waals surface area contributed by atoms with Crippen molar-refractivity contribution in [3.63, 3.8) is 0 Å². The molecule has 0 aliphatic heterocycles. The lowest BCUT2D eigenvalue weighted by atomic mass is 10.1. The fourth-order valence-electron chi connectivity index (χ4n) is 4.25. The fraction of sp³-hybridized carbons (Fsp3) is 0.0625. The molecule has 0 aliphatic carbocycles. The van der Waals surface area contributed by atoms with E-state index in [2.05, 4.69) is 15.6 Å². The van der Waals surface area contributed by atoms with E-state index < -0.39 is 10.8 Å². The molecule has 0 spiro atoms. The molecular formula is C32H22ClN5O4S2. The number of nitrogens with zero attached hydrogens (tertiary/aromatic N) is 3. The van der Waals surface area contributed by atoms with Gasteiger partial charge in [0, 0.05) is 28.0 Å². The van der Waals surface area contributed by atoms with Gasteiger partial charge in [0.05, 0.1) is 20.0 Å². The van der Waals surface area contributed by atoms with E-state index >= 15 is 0 Å². The van der Waals surface area contributed by atoms with Crippen molar-refractivity contribution in [2.45, 2.75) is 23.1 Å². The normalized spacial score (nSPS) is 11.2. The highest BCUT2D eigenvalue weighted by Gasteiger charge is 2.19. The molecule has 5 aromatic rings. The topological polar surface area (TPSA) is 138 Å². The van der Waals surface area contributed by atoms with Gasteiger partial charge in [0.25, 0.3) is 17.5 Å². The van der Waals surface area contributed by atoms with Crippen molar-refractivity contribution in [2.24, 2.45) is 0 Å². The van der Waals surface area contributed by atoms with E-state index in [0.29, 0.717) is 47.8 Å². The Morgan fingerprint density at radius 1 is 1.05 bits per heavy atom. The smallest absolute Gasteiger partial charge is 0.283 e. The number of halogens is 1. The zero-order valence-electron chi connectivity index (χ0n) is 23.3. The molecule has 12 heteroatoms. The quantitative estimate of drug-likeness (QED) is 0.0752. The van der Waals surface area contributed by atoms with Crippen LogP contribution in [0.1, 0.15) is 27.0 Å². The molecule has 0 fully saturated rings. The van der Waals surface area contributed by atoms with Gasteiger partial charge in [-0.1, -0.05) is 53.7 Å². The number of fused-ring (bicyclic) bond motifs is 1. The number of amides is 2. The number of hydrogen-bond acceptors (Lipinski definition) is 8. The molecule has 1 heterocycles. The second-order valence-corrected chi connectivity index (χ2v) is 12.3. The number of thiazole rings is 1. The molecule has 4 aromatic carbocycles. The van der Waals surface area contributed by atoms with Crippen LogP contribution in [0.15, 0.2) is 93.7 Å². The van der Waals surface area contributed by atoms with Gasteiger partial charge in [0.2, 0.25) is 0 Å². The molecule has 2 amide bonds. The zero-order valence-corrected chi connectivity index (χ0v) is 25.6. The fourth-order valence-corrected chi connectivity index (χ4v) is 6.57. The average molecular weight is 640 g/mol. The van der Waals surface area contributed by atoms with Gasteiger partial charge < -0.3 is 10.6 Å². The van der Waals surface area contributed by atoms with Crippen LogP contribution in [0.3, 0.4) is 0 Å². The van der Waals surface area contributed by atoms with Crippen molar-refractivity contribution in [3.8, 4) is 6.07 Å². The Hall–Kier alpha value is -5.02. The summed E-state index contributed by atoms with van der Waals surface area (Å²) in [5.41, 5.74) is 3.74. The van der Waals surface area contributed by atoms with E-state index in [0.717, 1.165) is 22.0 Å². The molecule has 0 saturated carbocycles. The van der Waals surface area contributed by atoms with E-state index in [4.69, 9.17) is 11.6 Å². The number of nitriles is 1. The summed E-state index contributed by atoms with van der Waals surface area (Å²) in [5, 5.41) is 27.6. The minimum absolute atomic E-state index is 0.197. The summed E-state index contributed by atoms with van der Waals surface area (Å²) >= 11 is 8.59. The number of hydrogen-bond donors (Lipinski definition) is 2. The van der Waals surface area contributed by atoms with Crippen LogP contribution >= 0.6 is 34.7 Å². The van der Waals surface area contributed by atoms with Gasteiger partial charge in [-0.3, -0.25) is 19.7 Å². The molecule has 0 aliphatic rings. The van der Waals surface area contributed by atoms with Crippen molar-refractivity contribution in [1.82, 2.24) is 4.98 Å². The highest BCUT2D eigenvalue weighted by atomic mass is 35.5. The number of aromatic nitrogens is 1. The third kappa shape index (κ3) is 6.79. The van der Waals surface area contributed by atoms with Crippen LogP contribution in [0.5, 0.6) is 0 Å². The maximum Gasteiger partial charge on any atom is 0.283 e. The Morgan fingerprint density at radius 3 is 2.59 bits per heavy atom. The number of rotatable bonds is 8. The van der Waals surface area contributed by atoms with E-state index in [1.165, 1.54) is 23.5 Å². The molecule has 2 N–H and O–H groups in total. The number of aryl methyl sites for hydroxylation is 1. The third-order valence-electron chi connectivity index (χ3n) is 6.59. The molecule has 0 radical (unpaired) electrons. The largest absolute Gasteiger partial charge is 0.322 e. The van der Waals surface area contributed by atoms with Gasteiger partial charge in [-0.05, 0) is 79.1 Å². The number of nitro groups is 1. The molecule has 0 bridgehead atoms. The number of nitrogens with one attached hydrogen (secondary N) is 2. The van der Waals surface area contributed by atoms with E-state index in [-0.39, 0.29) is 17.2 Å². The summed E-state index contributed by atoms with van der Waals surface area (Å²) in [6.45, 7) is 3.61. The van der Waals surface area contributed by atoms with E-state index in [9.17, 15) is 25.0 Å². The molecule has 0 atom stereocenters. The molecule has 44 heavy (non-hydrogen) atoms. The van der Waals surface area contributed by atoms with Crippen LogP contribution in [-0.2, 0) is 4.79 Å². The summed E-state index contributed by atoms with van der Waals surface area (Å²) in [4.78, 5) is 41.9. The Balaban J connectivity index is 1.35. The Morgan fingerprint density at radius 2 is 1.84 bits per heavy atom. The SMILES string of the molecule is Cc1ccccc1C(=O)Nc1ccc2nc(Sc3ccc(/C=C(\C#N)C(=O)Nc4cccc(Cl)c4C)cc3[N+](=O)[O-])sc2c1. The Bertz CT molecular complexity index is 2030. The number of carbonyl (C=O) groups is 2. The van der Waals surface area contributed by atoms with Crippen LogP contribution in [0.2, 0.25) is 5.02 Å². The van der Waals surface area contributed by atoms with Crippen molar-refractivity contribution < 1.29 is 14.5 Å². The lowest BCUT2D eigenvalue weighted by Crippen LogP contribution is -2.14. The molecule has 9 nitrogen and oxygen atoms in total. The third-order valence-corrected chi connectivity index (χ3v) is 9.14. The maximum atomic E-state index is 12.8. The molecular weight excluding hydrogens is 618 g/mol. The second-order valence-electron chi connectivity index (χ2n) is 9.55. The standard InChI is InChI=1S/C32H22ClN5O4S2/c1-18-6-3-4-7-23(18)31(40)35-22-11-12-26-29(16-22)44-32(37-26)43-28-13-10-20(15-27(28)38(41)42)14-21(17-34)30(39)36-25-9-5-8-24(33)19(25)2/h3-16H,1-2H3,(H,35,40)(H,36,39)/b21-14+. The zero-order chi connectivity index (χ0) is 31.4. The Kier molecular flexibility index (Phi) is 9.06. The highest BCUT2D eigenvalue weighted by molar-refractivity contribution is 8.01. The first kappa shape index (κ1) is 30.4. The van der Waals surface area contributed by atoms with Crippen molar-refractivity contribution >= 4 is 79.9 Å². The summed E-state index contributed by atoms with van der Waals surface area (Å²) in [5.74, 6) is -0.883. The molecule has 218 valence electrons. The van der Waals surface area contributed by atoms with Crippen LogP contribution in [-0.4, -0.2) is 21.7 Å². The summed E-state index contributed by atoms with van der Waals surface area (Å²) in [6.07, 6.45) is 1.29. The lowest BCUT2D eigenvalue weighted by molar-refractivity contribution is -0.387. The maximum absolute atomic E-state index is 12.8. The summed E-state index contributed by atoms with van der Waals surface area (Å²) in [7, 11) is 0. The Labute approximate surface area is 265 Å². The average Bonchev–Trinajstić information content (AvgIpc) is 3.40. The monoisotopic (exact) mass is 639 g/mol. The molecule has 1 aromatic heterocycles. The highest BCUT2D eigenvalue weighted by Crippen LogP contribution is 2.40. The van der Waals surface area contributed by atoms with E-state index in [1.54, 1.807) is 55.5 Å². The minimum Gasteiger partial charge on any atom is -0.322 e. The van der Waals surface area contributed by atoms with Crippen LogP contribution in [0.25, 0.3) is 16.3 Å². The van der Waals surface area contributed by atoms with Crippen molar-refractivity contribution in [2.75, 3.05) is 10.6 Å². The predicted octanol–water partition coefficient (Wildman–Crippen LogP) is 8.42. The number of nitro benzene ring substituents is 1. The summed E-state index contributed by atoms with van der Waals surface area (Å²) < 4.78 is 1.37. The van der Waals surface area contributed by atoms with Crippen molar-refractivity contribution in [1.29, 1.82) is 5.26 Å². The first-order valence-electron chi connectivity index (χ1n) is 13.0.